The van der Waals surface area contributed by atoms with Gasteiger partial charge in [-0.25, -0.2) is 9.78 Å². The van der Waals surface area contributed by atoms with Gasteiger partial charge in [-0.05, 0) is 42.8 Å². The first-order valence-corrected chi connectivity index (χ1v) is 10.4. The maximum Gasteiger partial charge on any atom is 0.339 e. The predicted octanol–water partition coefficient (Wildman–Crippen LogP) is 5.07. The summed E-state index contributed by atoms with van der Waals surface area (Å²) in [7, 11) is 0. The lowest BCUT2D eigenvalue weighted by Crippen LogP contribution is -2.48. The van der Waals surface area contributed by atoms with E-state index in [0.717, 1.165) is 26.4 Å². The third kappa shape index (κ3) is 3.15. The van der Waals surface area contributed by atoms with Crippen LogP contribution >= 0.6 is 11.3 Å². The van der Waals surface area contributed by atoms with Crippen LogP contribution in [0.15, 0.2) is 72.8 Å². The van der Waals surface area contributed by atoms with E-state index in [9.17, 15) is 9.59 Å². The molecule has 0 aliphatic carbocycles. The summed E-state index contributed by atoms with van der Waals surface area (Å²) in [4.78, 5) is 30.3. The summed E-state index contributed by atoms with van der Waals surface area (Å²) < 4.78 is 6.65. The number of hydrogen-bond acceptors (Lipinski definition) is 5. The molecule has 0 saturated carbocycles. The minimum Gasteiger partial charge on any atom is -0.445 e. The molecule has 1 aliphatic heterocycles. The number of thiazole rings is 1. The molecule has 0 spiro atoms. The molecule has 5 rings (SSSR count). The maximum atomic E-state index is 13.2. The Morgan fingerprint density at radius 1 is 1.00 bits per heavy atom. The van der Waals surface area contributed by atoms with Gasteiger partial charge in [0.25, 0.3) is 5.91 Å². The number of cyclic esters (lactones) is 1. The fraction of sp³-hybridized carbons (Fsp3) is 0.125. The maximum absolute atomic E-state index is 13.2. The minimum atomic E-state index is -1.29. The molecule has 1 aliphatic rings. The zero-order valence-electron chi connectivity index (χ0n) is 16.2. The Hall–Kier alpha value is -3.51. The number of ether oxygens (including phenoxy) is 1. The highest BCUT2D eigenvalue weighted by Gasteiger charge is 2.42. The van der Waals surface area contributed by atoms with Crippen molar-refractivity contribution in [2.45, 2.75) is 18.9 Å². The van der Waals surface area contributed by atoms with Gasteiger partial charge in [-0.1, -0.05) is 42.5 Å². The lowest BCUT2D eigenvalue weighted by Gasteiger charge is -2.33. The predicted molar refractivity (Wildman–Crippen MR) is 118 cm³/mol. The van der Waals surface area contributed by atoms with Crippen molar-refractivity contribution < 1.29 is 14.3 Å². The molecule has 0 bridgehead atoms. The highest BCUT2D eigenvalue weighted by Crippen LogP contribution is 2.35. The zero-order valence-corrected chi connectivity index (χ0v) is 17.0. The van der Waals surface area contributed by atoms with E-state index in [-0.39, 0.29) is 5.91 Å². The lowest BCUT2D eigenvalue weighted by atomic mass is 9.89. The van der Waals surface area contributed by atoms with Crippen molar-refractivity contribution in [2.24, 2.45) is 0 Å². The monoisotopic (exact) mass is 414 g/mol. The summed E-state index contributed by atoms with van der Waals surface area (Å²) in [6, 6.07) is 22.7. The topological polar surface area (TPSA) is 68.3 Å². The number of nitrogens with one attached hydrogen (secondary N) is 1. The number of carbonyl (C=O) groups excluding carboxylic acids is 2. The molecular formula is C24H18N2O3S. The van der Waals surface area contributed by atoms with Crippen LogP contribution in [0.5, 0.6) is 0 Å². The van der Waals surface area contributed by atoms with Crippen LogP contribution in [0.3, 0.4) is 0 Å². The number of aromatic nitrogens is 1. The first kappa shape index (κ1) is 18.5. The van der Waals surface area contributed by atoms with Crippen LogP contribution in [0.4, 0.5) is 5.69 Å². The van der Waals surface area contributed by atoms with E-state index in [2.05, 4.69) is 5.32 Å². The van der Waals surface area contributed by atoms with Gasteiger partial charge in [-0.15, -0.1) is 11.3 Å². The largest absolute Gasteiger partial charge is 0.445 e. The number of carbonyl (C=O) groups is 2. The van der Waals surface area contributed by atoms with Crippen molar-refractivity contribution in [1.82, 2.24) is 4.98 Å². The Kier molecular flexibility index (Phi) is 4.37. The second-order valence-corrected chi connectivity index (χ2v) is 8.47. The second kappa shape index (κ2) is 7.07. The Morgan fingerprint density at radius 3 is 2.53 bits per heavy atom. The van der Waals surface area contributed by atoms with E-state index in [1.807, 2.05) is 60.7 Å². The summed E-state index contributed by atoms with van der Waals surface area (Å²) in [5, 5.41) is 3.79. The molecule has 30 heavy (non-hydrogen) atoms. The summed E-state index contributed by atoms with van der Waals surface area (Å²) in [5.74, 6) is -0.840. The smallest absolute Gasteiger partial charge is 0.339 e. The number of rotatable bonds is 3. The first-order chi connectivity index (χ1) is 14.5. The van der Waals surface area contributed by atoms with Crippen molar-refractivity contribution in [3.05, 3.63) is 83.9 Å². The second-order valence-electron chi connectivity index (χ2n) is 7.44. The van der Waals surface area contributed by atoms with E-state index in [0.29, 0.717) is 17.7 Å². The minimum absolute atomic E-state index is 0.323. The third-order valence-corrected chi connectivity index (χ3v) is 6.33. The van der Waals surface area contributed by atoms with Crippen LogP contribution in [0.25, 0.3) is 20.8 Å². The molecule has 1 aromatic heterocycles. The van der Waals surface area contributed by atoms with E-state index in [1.165, 1.54) is 0 Å². The molecule has 148 valence electrons. The Labute approximate surface area is 177 Å². The molecule has 3 aromatic carbocycles. The number of nitrogens with zero attached hydrogens (tertiary/aromatic N) is 1. The zero-order chi connectivity index (χ0) is 20.7. The molecule has 1 unspecified atom stereocenters. The Bertz CT molecular complexity index is 1260. The molecular weight excluding hydrogens is 396 g/mol. The van der Waals surface area contributed by atoms with Crippen LogP contribution in [0.2, 0.25) is 0 Å². The van der Waals surface area contributed by atoms with E-state index < -0.39 is 11.6 Å². The molecule has 0 saturated heterocycles. The van der Waals surface area contributed by atoms with E-state index in [4.69, 9.17) is 9.72 Å². The SMILES string of the molecule is CC1(C(=O)Nc2ccccc2-c2nc3ccccc3s2)Cc2ccccc2C(=O)O1. The standard InChI is InChI=1S/C24H18N2O3S/c1-24(14-15-8-2-3-9-16(15)22(27)29-24)23(28)26-18-11-5-4-10-17(18)21-25-19-12-6-7-13-20(19)30-21/h2-13H,14H2,1H3,(H,26,28). The lowest BCUT2D eigenvalue weighted by molar-refractivity contribution is -0.134. The van der Waals surface area contributed by atoms with Gasteiger partial charge in [0.05, 0.1) is 21.5 Å². The summed E-state index contributed by atoms with van der Waals surface area (Å²) in [6.07, 6.45) is 0.323. The van der Waals surface area contributed by atoms with Crippen molar-refractivity contribution in [2.75, 3.05) is 5.32 Å². The molecule has 6 heteroatoms. The molecule has 1 atom stereocenters. The number of amides is 1. The van der Waals surface area contributed by atoms with Gasteiger partial charge >= 0.3 is 5.97 Å². The van der Waals surface area contributed by atoms with Crippen molar-refractivity contribution in [3.8, 4) is 10.6 Å². The Morgan fingerprint density at radius 2 is 1.70 bits per heavy atom. The number of benzene rings is 3. The van der Waals surface area contributed by atoms with Gasteiger partial charge in [-0.3, -0.25) is 4.79 Å². The van der Waals surface area contributed by atoms with Gasteiger partial charge in [-0.2, -0.15) is 0 Å². The van der Waals surface area contributed by atoms with Crippen LogP contribution in [-0.4, -0.2) is 22.5 Å². The average molecular weight is 414 g/mol. The number of fused-ring (bicyclic) bond motifs is 2. The van der Waals surface area contributed by atoms with E-state index in [1.54, 1.807) is 30.4 Å². The number of hydrogen-bond donors (Lipinski definition) is 1. The number of anilines is 1. The Balaban J connectivity index is 1.47. The van der Waals surface area contributed by atoms with Gasteiger partial charge in [0.1, 0.15) is 5.01 Å². The van der Waals surface area contributed by atoms with Gasteiger partial charge in [0, 0.05) is 12.0 Å². The van der Waals surface area contributed by atoms with Crippen LogP contribution in [0, 0.1) is 0 Å². The quantitative estimate of drug-likeness (QED) is 0.475. The molecule has 2 heterocycles. The first-order valence-electron chi connectivity index (χ1n) is 9.61. The summed E-state index contributed by atoms with van der Waals surface area (Å²) >= 11 is 1.57. The third-order valence-electron chi connectivity index (χ3n) is 5.26. The van der Waals surface area contributed by atoms with Gasteiger partial charge in [0.15, 0.2) is 5.60 Å². The fourth-order valence-corrected chi connectivity index (χ4v) is 4.68. The van der Waals surface area contributed by atoms with Gasteiger partial charge < -0.3 is 10.1 Å². The molecule has 1 amide bonds. The van der Waals surface area contributed by atoms with Crippen LogP contribution < -0.4 is 5.32 Å². The van der Waals surface area contributed by atoms with Gasteiger partial charge in [0.2, 0.25) is 0 Å². The average Bonchev–Trinajstić information content (AvgIpc) is 3.18. The number of esters is 1. The number of para-hydroxylation sites is 2. The van der Waals surface area contributed by atoms with Crippen molar-refractivity contribution >= 4 is 39.1 Å². The summed E-state index contributed by atoms with van der Waals surface area (Å²) in [5.41, 5.74) is 2.43. The molecule has 0 fully saturated rings. The van der Waals surface area contributed by atoms with Crippen molar-refractivity contribution in [3.63, 3.8) is 0 Å². The van der Waals surface area contributed by atoms with Crippen LogP contribution in [-0.2, 0) is 16.0 Å². The highest BCUT2D eigenvalue weighted by molar-refractivity contribution is 7.21. The summed E-state index contributed by atoms with van der Waals surface area (Å²) in [6.45, 7) is 1.65. The molecule has 1 N–H and O–H groups in total. The van der Waals surface area contributed by atoms with Crippen LogP contribution in [0.1, 0.15) is 22.8 Å². The molecule has 4 aromatic rings. The van der Waals surface area contributed by atoms with Crippen molar-refractivity contribution in [1.29, 1.82) is 0 Å². The van der Waals surface area contributed by atoms with E-state index >= 15 is 0 Å². The normalized spacial score (nSPS) is 18.0. The highest BCUT2D eigenvalue weighted by atomic mass is 32.1. The molecule has 0 radical (unpaired) electrons. The molecule has 5 nitrogen and oxygen atoms in total. The fourth-order valence-electron chi connectivity index (χ4n) is 3.68.